The quantitative estimate of drug-likeness (QED) is 0.773. The van der Waals surface area contributed by atoms with Crippen LogP contribution in [0.5, 0.6) is 0 Å². The Labute approximate surface area is 137 Å². The summed E-state index contributed by atoms with van der Waals surface area (Å²) in [6.45, 7) is 1.92. The van der Waals surface area contributed by atoms with Crippen LogP contribution in [0.15, 0.2) is 23.1 Å². The van der Waals surface area contributed by atoms with Crippen LogP contribution in [0.1, 0.15) is 19.8 Å². The van der Waals surface area contributed by atoms with Gasteiger partial charge >= 0.3 is 5.97 Å². The van der Waals surface area contributed by atoms with Crippen molar-refractivity contribution in [3.8, 4) is 0 Å². The molecule has 1 saturated carbocycles. The van der Waals surface area contributed by atoms with E-state index < -0.39 is 11.4 Å². The van der Waals surface area contributed by atoms with E-state index >= 15 is 0 Å². The predicted octanol–water partition coefficient (Wildman–Crippen LogP) is 3.46. The van der Waals surface area contributed by atoms with Crippen LogP contribution in [0.25, 0.3) is 0 Å². The topological polar surface area (TPSA) is 66.4 Å². The molecular weight excluding hydrogens is 333 g/mol. The molecule has 0 radical (unpaired) electrons. The molecule has 0 bridgehead atoms. The third kappa shape index (κ3) is 4.05. The molecular formula is C14H15Cl2NO3S. The summed E-state index contributed by atoms with van der Waals surface area (Å²) in [5.74, 6) is -1.05. The van der Waals surface area contributed by atoms with Crippen LogP contribution in [-0.4, -0.2) is 28.8 Å². The maximum Gasteiger partial charge on any atom is 0.311 e. The van der Waals surface area contributed by atoms with Crippen LogP contribution >= 0.6 is 35.0 Å². The van der Waals surface area contributed by atoms with Crippen LogP contribution in [0.3, 0.4) is 0 Å². The van der Waals surface area contributed by atoms with Gasteiger partial charge in [-0.15, -0.1) is 11.8 Å². The lowest BCUT2D eigenvalue weighted by atomic mass is 10.1. The van der Waals surface area contributed by atoms with Gasteiger partial charge in [0.2, 0.25) is 5.91 Å². The molecule has 0 aromatic heterocycles. The number of thioether (sulfide) groups is 1. The van der Waals surface area contributed by atoms with Crippen LogP contribution in [0, 0.1) is 5.41 Å². The van der Waals surface area contributed by atoms with Gasteiger partial charge in [-0.05, 0) is 38.0 Å². The summed E-state index contributed by atoms with van der Waals surface area (Å²) in [5.41, 5.74) is -0.756. The first-order valence-corrected chi connectivity index (χ1v) is 8.10. The van der Waals surface area contributed by atoms with Crippen molar-refractivity contribution >= 4 is 46.8 Å². The molecule has 21 heavy (non-hydrogen) atoms. The zero-order valence-corrected chi connectivity index (χ0v) is 13.7. The molecule has 1 aliphatic carbocycles. The zero-order chi connectivity index (χ0) is 15.6. The number of carboxylic acid groups (broad SMARTS) is 1. The van der Waals surface area contributed by atoms with E-state index in [-0.39, 0.29) is 17.7 Å². The van der Waals surface area contributed by atoms with E-state index in [0.29, 0.717) is 22.9 Å². The van der Waals surface area contributed by atoms with Crippen LogP contribution in [0.4, 0.5) is 0 Å². The number of benzene rings is 1. The molecule has 1 aliphatic rings. The molecule has 1 atom stereocenters. The summed E-state index contributed by atoms with van der Waals surface area (Å²) in [4.78, 5) is 23.8. The first-order chi connectivity index (χ1) is 9.84. The lowest BCUT2D eigenvalue weighted by molar-refractivity contribution is -0.143. The van der Waals surface area contributed by atoms with E-state index in [1.165, 1.54) is 11.8 Å². The standard InChI is InChI=1S/C14H15Cl2NO3S/c1-8(21-11-6-9(15)2-3-10(11)16)12(18)17-7-14(4-5-14)13(19)20/h2-3,6,8H,4-5,7H2,1H3,(H,17,18)(H,19,20). The summed E-state index contributed by atoms with van der Waals surface area (Å²) in [7, 11) is 0. The SMILES string of the molecule is CC(Sc1cc(Cl)ccc1Cl)C(=O)NCC1(C(=O)O)CC1. The number of hydrogen-bond acceptors (Lipinski definition) is 3. The minimum atomic E-state index is -0.846. The second-order valence-corrected chi connectivity index (χ2v) is 7.36. The number of carbonyl (C=O) groups excluding carboxylic acids is 1. The molecule has 0 spiro atoms. The Balaban J connectivity index is 1.91. The van der Waals surface area contributed by atoms with E-state index in [0.717, 1.165) is 4.90 Å². The Hall–Kier alpha value is -0.910. The summed E-state index contributed by atoms with van der Waals surface area (Å²) in [6.07, 6.45) is 1.23. The van der Waals surface area contributed by atoms with Crippen molar-refractivity contribution in [2.45, 2.75) is 29.9 Å². The molecule has 0 heterocycles. The van der Waals surface area contributed by atoms with Crippen molar-refractivity contribution < 1.29 is 14.7 Å². The molecule has 2 N–H and O–H groups in total. The minimum Gasteiger partial charge on any atom is -0.481 e. The number of carbonyl (C=O) groups is 2. The number of halogens is 2. The Kier molecular flexibility index (Phi) is 5.07. The highest BCUT2D eigenvalue weighted by Crippen LogP contribution is 2.45. The fraction of sp³-hybridized carbons (Fsp3) is 0.429. The molecule has 1 amide bonds. The van der Waals surface area contributed by atoms with Gasteiger partial charge in [0.25, 0.3) is 0 Å². The first-order valence-electron chi connectivity index (χ1n) is 6.47. The fourth-order valence-electron chi connectivity index (χ4n) is 1.83. The maximum atomic E-state index is 12.0. The highest BCUT2D eigenvalue weighted by Gasteiger charge is 2.50. The number of carboxylic acids is 1. The van der Waals surface area contributed by atoms with E-state index in [1.54, 1.807) is 25.1 Å². The number of aliphatic carboxylic acids is 1. The molecule has 7 heteroatoms. The summed E-state index contributed by atoms with van der Waals surface area (Å²) >= 11 is 13.3. The van der Waals surface area contributed by atoms with E-state index in [9.17, 15) is 9.59 Å². The molecule has 0 saturated heterocycles. The maximum absolute atomic E-state index is 12.0. The molecule has 1 aromatic carbocycles. The molecule has 0 aliphatic heterocycles. The summed E-state index contributed by atoms with van der Waals surface area (Å²) in [6, 6.07) is 5.07. The Bertz CT molecular complexity index is 575. The number of hydrogen-bond donors (Lipinski definition) is 2. The fourth-order valence-corrected chi connectivity index (χ4v) is 3.26. The second-order valence-electron chi connectivity index (χ2n) is 5.14. The summed E-state index contributed by atoms with van der Waals surface area (Å²) < 4.78 is 0. The monoisotopic (exact) mass is 347 g/mol. The number of rotatable bonds is 6. The Morgan fingerprint density at radius 1 is 1.43 bits per heavy atom. The van der Waals surface area contributed by atoms with Gasteiger partial charge < -0.3 is 10.4 Å². The lowest BCUT2D eigenvalue weighted by Crippen LogP contribution is -2.38. The molecule has 4 nitrogen and oxygen atoms in total. The predicted molar refractivity (Wildman–Crippen MR) is 84.1 cm³/mol. The summed E-state index contributed by atoms with van der Waals surface area (Å²) in [5, 5.41) is 12.5. The highest BCUT2D eigenvalue weighted by atomic mass is 35.5. The number of amides is 1. The second kappa shape index (κ2) is 6.46. The van der Waals surface area contributed by atoms with Gasteiger partial charge in [-0.2, -0.15) is 0 Å². The smallest absolute Gasteiger partial charge is 0.311 e. The molecule has 114 valence electrons. The largest absolute Gasteiger partial charge is 0.481 e. The minimum absolute atomic E-state index is 0.176. The normalized spacial score (nSPS) is 17.1. The zero-order valence-electron chi connectivity index (χ0n) is 11.4. The van der Waals surface area contributed by atoms with Crippen LogP contribution in [-0.2, 0) is 9.59 Å². The molecule has 2 rings (SSSR count). The van der Waals surface area contributed by atoms with Crippen molar-refractivity contribution in [3.05, 3.63) is 28.2 Å². The third-order valence-corrected chi connectivity index (χ3v) is 5.31. The van der Waals surface area contributed by atoms with Crippen molar-refractivity contribution in [3.63, 3.8) is 0 Å². The van der Waals surface area contributed by atoms with Crippen LogP contribution < -0.4 is 5.32 Å². The Morgan fingerprint density at radius 3 is 2.67 bits per heavy atom. The van der Waals surface area contributed by atoms with Crippen molar-refractivity contribution in [2.75, 3.05) is 6.54 Å². The van der Waals surface area contributed by atoms with Gasteiger partial charge in [0.05, 0.1) is 15.7 Å². The van der Waals surface area contributed by atoms with E-state index in [2.05, 4.69) is 5.32 Å². The van der Waals surface area contributed by atoms with Crippen LogP contribution in [0.2, 0.25) is 10.0 Å². The van der Waals surface area contributed by atoms with Gasteiger partial charge in [0.15, 0.2) is 0 Å². The van der Waals surface area contributed by atoms with Gasteiger partial charge in [0.1, 0.15) is 0 Å². The molecule has 1 unspecified atom stereocenters. The molecule has 1 fully saturated rings. The van der Waals surface area contributed by atoms with E-state index in [1.807, 2.05) is 0 Å². The average Bonchev–Trinajstić information content (AvgIpc) is 3.21. The van der Waals surface area contributed by atoms with E-state index in [4.69, 9.17) is 28.3 Å². The van der Waals surface area contributed by atoms with Crippen molar-refractivity contribution in [1.29, 1.82) is 0 Å². The van der Waals surface area contributed by atoms with Gasteiger partial charge in [-0.3, -0.25) is 9.59 Å². The number of nitrogens with one attached hydrogen (secondary N) is 1. The van der Waals surface area contributed by atoms with Gasteiger partial charge in [-0.1, -0.05) is 23.2 Å². The third-order valence-electron chi connectivity index (χ3n) is 3.47. The highest BCUT2D eigenvalue weighted by molar-refractivity contribution is 8.00. The molecule has 1 aromatic rings. The van der Waals surface area contributed by atoms with Crippen molar-refractivity contribution in [2.24, 2.45) is 5.41 Å². The lowest BCUT2D eigenvalue weighted by Gasteiger charge is -2.15. The first kappa shape index (κ1) is 16.5. The average molecular weight is 348 g/mol. The van der Waals surface area contributed by atoms with Gasteiger partial charge in [-0.25, -0.2) is 0 Å². The van der Waals surface area contributed by atoms with Gasteiger partial charge in [0, 0.05) is 16.5 Å². The van der Waals surface area contributed by atoms with Crippen molar-refractivity contribution in [1.82, 2.24) is 5.32 Å². The Morgan fingerprint density at radius 2 is 2.10 bits per heavy atom.